The van der Waals surface area contributed by atoms with Gasteiger partial charge in [0, 0.05) is 32.2 Å². The maximum atomic E-state index is 13.4. The smallest absolute Gasteiger partial charge is 0.265 e. The molecule has 2 aliphatic heterocycles. The average Bonchev–Trinajstić information content (AvgIpc) is 2.93. The number of likely N-dealkylation sites (tertiary alicyclic amines) is 1. The van der Waals surface area contributed by atoms with Gasteiger partial charge < -0.3 is 19.4 Å². The van der Waals surface area contributed by atoms with Crippen LogP contribution in [0, 0.1) is 0 Å². The highest BCUT2D eigenvalue weighted by Gasteiger charge is 2.28. The number of benzene rings is 3. The van der Waals surface area contributed by atoms with E-state index in [1.54, 1.807) is 4.90 Å². The van der Waals surface area contributed by atoms with Crippen LogP contribution in [0.4, 0.5) is 5.69 Å². The summed E-state index contributed by atoms with van der Waals surface area (Å²) in [6.45, 7) is 4.08. The number of hydrogen-bond acceptors (Lipinski definition) is 4. The van der Waals surface area contributed by atoms with Gasteiger partial charge in [-0.15, -0.1) is 0 Å². The molecule has 0 radical (unpaired) electrons. The summed E-state index contributed by atoms with van der Waals surface area (Å²) < 4.78 is 5.57. The minimum absolute atomic E-state index is 0.00986. The molecular formula is C30H33N3O3. The van der Waals surface area contributed by atoms with Crippen LogP contribution in [0.1, 0.15) is 40.2 Å². The molecule has 0 aromatic heterocycles. The molecule has 0 bridgehead atoms. The standard InChI is InChI=1S/C30H33N3O3/c1-31(21-23-9-3-2-4-10-23)30(35)26-12-6-5-11-25(26)24-15-17-32(18-16-24)19-20-33-27-13-7-8-14-28(27)36-22-29(33)34/h2-14,24H,15-22H2,1H3. The molecule has 0 unspecified atom stereocenters. The topological polar surface area (TPSA) is 53.1 Å². The van der Waals surface area contributed by atoms with Gasteiger partial charge in [0.1, 0.15) is 5.75 Å². The number of rotatable bonds is 7. The predicted octanol–water partition coefficient (Wildman–Crippen LogP) is 4.56. The molecule has 1 saturated heterocycles. The van der Waals surface area contributed by atoms with Crippen molar-refractivity contribution >= 4 is 17.5 Å². The molecule has 186 valence electrons. The zero-order valence-corrected chi connectivity index (χ0v) is 20.8. The fraction of sp³-hybridized carbons (Fsp3) is 0.333. The number of piperidine rings is 1. The molecule has 1 fully saturated rings. The molecule has 0 saturated carbocycles. The number of carbonyl (C=O) groups excluding carboxylic acids is 2. The van der Waals surface area contributed by atoms with Crippen molar-refractivity contribution in [3.8, 4) is 5.75 Å². The van der Waals surface area contributed by atoms with Crippen LogP contribution in [0.2, 0.25) is 0 Å². The van der Waals surface area contributed by atoms with Crippen molar-refractivity contribution in [3.63, 3.8) is 0 Å². The monoisotopic (exact) mass is 483 g/mol. The molecule has 2 heterocycles. The van der Waals surface area contributed by atoms with Crippen LogP contribution in [-0.2, 0) is 11.3 Å². The normalized spacial score (nSPS) is 16.4. The molecule has 3 aromatic rings. The van der Waals surface area contributed by atoms with Gasteiger partial charge in [0.2, 0.25) is 0 Å². The highest BCUT2D eigenvalue weighted by Crippen LogP contribution is 2.33. The van der Waals surface area contributed by atoms with Crippen LogP contribution >= 0.6 is 0 Å². The van der Waals surface area contributed by atoms with Crippen LogP contribution in [0.5, 0.6) is 5.75 Å². The lowest BCUT2D eigenvalue weighted by Gasteiger charge is -2.35. The minimum atomic E-state index is 0.00986. The second-order valence-corrected chi connectivity index (χ2v) is 9.65. The van der Waals surface area contributed by atoms with Gasteiger partial charge in [0.15, 0.2) is 6.61 Å². The lowest BCUT2D eigenvalue weighted by molar-refractivity contribution is -0.121. The van der Waals surface area contributed by atoms with Gasteiger partial charge in [-0.05, 0) is 61.2 Å². The molecule has 36 heavy (non-hydrogen) atoms. The van der Waals surface area contributed by atoms with Gasteiger partial charge in [0.25, 0.3) is 11.8 Å². The second kappa shape index (κ2) is 11.0. The van der Waals surface area contributed by atoms with Crippen molar-refractivity contribution in [2.45, 2.75) is 25.3 Å². The van der Waals surface area contributed by atoms with Crippen molar-refractivity contribution in [2.24, 2.45) is 0 Å². The Balaban J connectivity index is 1.19. The van der Waals surface area contributed by atoms with E-state index in [-0.39, 0.29) is 18.4 Å². The highest BCUT2D eigenvalue weighted by molar-refractivity contribution is 5.98. The first-order valence-corrected chi connectivity index (χ1v) is 12.7. The number of amides is 2. The van der Waals surface area contributed by atoms with E-state index in [1.165, 1.54) is 0 Å². The zero-order chi connectivity index (χ0) is 24.9. The number of anilines is 1. The number of para-hydroxylation sites is 2. The highest BCUT2D eigenvalue weighted by atomic mass is 16.5. The summed E-state index contributed by atoms with van der Waals surface area (Å²) in [6.07, 6.45) is 2.00. The van der Waals surface area contributed by atoms with Crippen LogP contribution < -0.4 is 9.64 Å². The van der Waals surface area contributed by atoms with Gasteiger partial charge in [-0.2, -0.15) is 0 Å². The first kappa shape index (κ1) is 24.1. The van der Waals surface area contributed by atoms with Gasteiger partial charge >= 0.3 is 0 Å². The van der Waals surface area contributed by atoms with E-state index in [2.05, 4.69) is 23.1 Å². The lowest BCUT2D eigenvalue weighted by Crippen LogP contribution is -2.45. The average molecular weight is 484 g/mol. The third-order valence-corrected chi connectivity index (χ3v) is 7.28. The van der Waals surface area contributed by atoms with E-state index in [4.69, 9.17) is 4.74 Å². The number of ether oxygens (including phenoxy) is 1. The van der Waals surface area contributed by atoms with Crippen molar-refractivity contribution in [1.29, 1.82) is 0 Å². The van der Waals surface area contributed by atoms with Crippen molar-refractivity contribution in [1.82, 2.24) is 9.80 Å². The molecule has 0 atom stereocenters. The van der Waals surface area contributed by atoms with E-state index in [1.807, 2.05) is 72.6 Å². The molecule has 0 N–H and O–H groups in total. The largest absolute Gasteiger partial charge is 0.482 e. The number of fused-ring (bicyclic) bond motifs is 1. The number of nitrogens with zero attached hydrogens (tertiary/aromatic N) is 3. The Morgan fingerprint density at radius 1 is 0.917 bits per heavy atom. The van der Waals surface area contributed by atoms with Crippen molar-refractivity contribution < 1.29 is 14.3 Å². The van der Waals surface area contributed by atoms with Crippen LogP contribution in [-0.4, -0.2) is 61.4 Å². The zero-order valence-electron chi connectivity index (χ0n) is 20.8. The third kappa shape index (κ3) is 5.29. The van der Waals surface area contributed by atoms with E-state index in [0.717, 1.165) is 60.6 Å². The summed E-state index contributed by atoms with van der Waals surface area (Å²) in [5.74, 6) is 1.21. The minimum Gasteiger partial charge on any atom is -0.482 e. The van der Waals surface area contributed by atoms with Crippen LogP contribution in [0.25, 0.3) is 0 Å². The fourth-order valence-corrected chi connectivity index (χ4v) is 5.29. The SMILES string of the molecule is CN(Cc1ccccc1)C(=O)c1ccccc1C1CCN(CCN2C(=O)COc3ccccc32)CC1. The molecule has 6 nitrogen and oxygen atoms in total. The molecule has 0 spiro atoms. The first-order valence-electron chi connectivity index (χ1n) is 12.7. The van der Waals surface area contributed by atoms with Gasteiger partial charge in [0.05, 0.1) is 5.69 Å². The molecule has 3 aromatic carbocycles. The second-order valence-electron chi connectivity index (χ2n) is 9.65. The summed E-state index contributed by atoms with van der Waals surface area (Å²) in [5.41, 5.74) is 3.94. The Morgan fingerprint density at radius 3 is 2.42 bits per heavy atom. The molecule has 5 rings (SSSR count). The molecular weight excluding hydrogens is 450 g/mol. The van der Waals surface area contributed by atoms with Crippen molar-refractivity contribution in [3.05, 3.63) is 95.6 Å². The van der Waals surface area contributed by atoms with Crippen LogP contribution in [0.15, 0.2) is 78.9 Å². The van der Waals surface area contributed by atoms with Crippen molar-refractivity contribution in [2.75, 3.05) is 44.7 Å². The Labute approximate surface area is 213 Å². The Morgan fingerprint density at radius 2 is 1.61 bits per heavy atom. The van der Waals surface area contributed by atoms with Gasteiger partial charge in [-0.3, -0.25) is 9.59 Å². The van der Waals surface area contributed by atoms with Crippen LogP contribution in [0.3, 0.4) is 0 Å². The van der Waals surface area contributed by atoms with E-state index in [9.17, 15) is 9.59 Å². The molecule has 6 heteroatoms. The quantitative estimate of drug-likeness (QED) is 0.494. The molecule has 2 amide bonds. The summed E-state index contributed by atoms with van der Waals surface area (Å²) in [6, 6.07) is 25.9. The Kier molecular flexibility index (Phi) is 7.33. The predicted molar refractivity (Wildman–Crippen MR) is 141 cm³/mol. The van der Waals surface area contributed by atoms with E-state index < -0.39 is 0 Å². The van der Waals surface area contributed by atoms with E-state index in [0.29, 0.717) is 19.0 Å². The van der Waals surface area contributed by atoms with E-state index >= 15 is 0 Å². The maximum Gasteiger partial charge on any atom is 0.265 e. The molecule has 2 aliphatic rings. The summed E-state index contributed by atoms with van der Waals surface area (Å²) in [5, 5.41) is 0. The Hall–Kier alpha value is -3.64. The third-order valence-electron chi connectivity index (χ3n) is 7.28. The Bertz CT molecular complexity index is 1200. The fourth-order valence-electron chi connectivity index (χ4n) is 5.29. The number of hydrogen-bond donors (Lipinski definition) is 0. The van der Waals surface area contributed by atoms with Gasteiger partial charge in [-0.25, -0.2) is 0 Å². The van der Waals surface area contributed by atoms with Gasteiger partial charge in [-0.1, -0.05) is 60.7 Å². The lowest BCUT2D eigenvalue weighted by atomic mass is 9.86. The summed E-state index contributed by atoms with van der Waals surface area (Å²) in [4.78, 5) is 31.9. The maximum absolute atomic E-state index is 13.4. The first-order chi connectivity index (χ1) is 17.6. The number of carbonyl (C=O) groups is 2. The summed E-state index contributed by atoms with van der Waals surface area (Å²) >= 11 is 0. The molecule has 0 aliphatic carbocycles. The summed E-state index contributed by atoms with van der Waals surface area (Å²) in [7, 11) is 1.87.